The summed E-state index contributed by atoms with van der Waals surface area (Å²) in [5.41, 5.74) is 2.36. The molecule has 23 heavy (non-hydrogen) atoms. The van der Waals surface area contributed by atoms with Crippen LogP contribution in [-0.4, -0.2) is 23.2 Å². The molecule has 2 heterocycles. The molecular weight excluding hydrogens is 294 g/mol. The molecule has 1 aromatic carbocycles. The number of carbonyl (C=O) groups excluding carboxylic acids is 1. The molecule has 0 atom stereocenters. The molecule has 0 saturated carbocycles. The lowest BCUT2D eigenvalue weighted by atomic mass is 10.1. The van der Waals surface area contributed by atoms with Gasteiger partial charge in [0.1, 0.15) is 11.4 Å². The second kappa shape index (κ2) is 6.74. The summed E-state index contributed by atoms with van der Waals surface area (Å²) in [6, 6.07) is 12.7. The van der Waals surface area contributed by atoms with Gasteiger partial charge in [-0.2, -0.15) is 0 Å². The largest absolute Gasteiger partial charge is 0.497 e. The monoisotopic (exact) mass is 309 g/mol. The number of ether oxygens (including phenoxy) is 1. The number of carbonyl (C=O) groups is 1. The maximum Gasteiger partial charge on any atom is 0.290 e. The first-order valence-corrected chi connectivity index (χ1v) is 7.04. The standard InChI is InChI=1S/C17H15N3O3/c1-22-14-6-4-13(5-7-14)15-9-16(23-20-15)17(21)19-11-12-3-2-8-18-10-12/h2-10H,11H2,1H3,(H,19,21). The number of rotatable bonds is 5. The molecule has 6 nitrogen and oxygen atoms in total. The van der Waals surface area contributed by atoms with Crippen molar-refractivity contribution in [1.29, 1.82) is 0 Å². The maximum absolute atomic E-state index is 12.1. The van der Waals surface area contributed by atoms with Crippen molar-refractivity contribution in [2.24, 2.45) is 0 Å². The Hall–Kier alpha value is -3.15. The van der Waals surface area contributed by atoms with Crippen LogP contribution in [0.1, 0.15) is 16.1 Å². The Bertz CT molecular complexity index is 782. The number of hydrogen-bond acceptors (Lipinski definition) is 5. The first-order valence-electron chi connectivity index (χ1n) is 7.04. The van der Waals surface area contributed by atoms with Gasteiger partial charge >= 0.3 is 0 Å². The van der Waals surface area contributed by atoms with Crippen molar-refractivity contribution >= 4 is 5.91 Å². The summed E-state index contributed by atoms with van der Waals surface area (Å²) in [4.78, 5) is 16.1. The minimum Gasteiger partial charge on any atom is -0.497 e. The van der Waals surface area contributed by atoms with E-state index in [0.717, 1.165) is 16.9 Å². The van der Waals surface area contributed by atoms with E-state index in [9.17, 15) is 4.79 Å². The number of aromatic nitrogens is 2. The van der Waals surface area contributed by atoms with Gasteiger partial charge in [-0.15, -0.1) is 0 Å². The van der Waals surface area contributed by atoms with Gasteiger partial charge in [0.25, 0.3) is 5.91 Å². The zero-order valence-electron chi connectivity index (χ0n) is 12.5. The topological polar surface area (TPSA) is 77.2 Å². The highest BCUT2D eigenvalue weighted by atomic mass is 16.5. The molecule has 2 aromatic heterocycles. The molecule has 3 aromatic rings. The van der Waals surface area contributed by atoms with E-state index in [1.807, 2.05) is 36.4 Å². The van der Waals surface area contributed by atoms with Gasteiger partial charge in [-0.05, 0) is 35.9 Å². The number of nitrogens with zero attached hydrogens (tertiary/aromatic N) is 2. The SMILES string of the molecule is COc1ccc(-c2cc(C(=O)NCc3cccnc3)on2)cc1. The Kier molecular flexibility index (Phi) is 4.33. The fraction of sp³-hybridized carbons (Fsp3) is 0.118. The number of pyridine rings is 1. The van der Waals surface area contributed by atoms with Gasteiger partial charge in [-0.3, -0.25) is 9.78 Å². The van der Waals surface area contributed by atoms with E-state index >= 15 is 0 Å². The van der Waals surface area contributed by atoms with E-state index < -0.39 is 0 Å². The minimum absolute atomic E-state index is 0.166. The molecule has 0 saturated heterocycles. The van der Waals surface area contributed by atoms with Gasteiger partial charge in [0.15, 0.2) is 0 Å². The summed E-state index contributed by atoms with van der Waals surface area (Å²) in [6.45, 7) is 0.380. The molecule has 0 unspecified atom stereocenters. The normalized spacial score (nSPS) is 10.3. The molecule has 0 bridgehead atoms. The summed E-state index contributed by atoms with van der Waals surface area (Å²) >= 11 is 0. The van der Waals surface area contributed by atoms with Crippen molar-refractivity contribution in [2.75, 3.05) is 7.11 Å². The zero-order chi connectivity index (χ0) is 16.1. The van der Waals surface area contributed by atoms with E-state index in [-0.39, 0.29) is 11.7 Å². The van der Waals surface area contributed by atoms with Crippen LogP contribution in [0, 0.1) is 0 Å². The zero-order valence-corrected chi connectivity index (χ0v) is 12.5. The number of nitrogens with one attached hydrogen (secondary N) is 1. The predicted molar refractivity (Wildman–Crippen MR) is 83.9 cm³/mol. The lowest BCUT2D eigenvalue weighted by Crippen LogP contribution is -2.22. The minimum atomic E-state index is -0.318. The third-order valence-corrected chi connectivity index (χ3v) is 3.30. The molecule has 0 aliphatic carbocycles. The van der Waals surface area contributed by atoms with Gasteiger partial charge in [0, 0.05) is 30.6 Å². The van der Waals surface area contributed by atoms with Crippen molar-refractivity contribution in [3.05, 3.63) is 66.2 Å². The van der Waals surface area contributed by atoms with Crippen LogP contribution in [0.4, 0.5) is 0 Å². The molecule has 0 spiro atoms. The second-order valence-electron chi connectivity index (χ2n) is 4.85. The number of hydrogen-bond donors (Lipinski definition) is 1. The van der Waals surface area contributed by atoms with E-state index in [2.05, 4.69) is 15.5 Å². The van der Waals surface area contributed by atoms with Crippen LogP contribution in [0.15, 0.2) is 59.4 Å². The van der Waals surface area contributed by atoms with Crippen molar-refractivity contribution in [3.63, 3.8) is 0 Å². The fourth-order valence-electron chi connectivity index (χ4n) is 2.05. The number of methoxy groups -OCH3 is 1. The van der Waals surface area contributed by atoms with Crippen molar-refractivity contribution in [3.8, 4) is 17.0 Å². The van der Waals surface area contributed by atoms with Crippen LogP contribution >= 0.6 is 0 Å². The first-order chi connectivity index (χ1) is 11.3. The third kappa shape index (κ3) is 3.55. The van der Waals surface area contributed by atoms with Gasteiger partial charge < -0.3 is 14.6 Å². The van der Waals surface area contributed by atoms with Gasteiger partial charge in [0.2, 0.25) is 5.76 Å². The summed E-state index contributed by atoms with van der Waals surface area (Å²) in [6.07, 6.45) is 3.38. The van der Waals surface area contributed by atoms with E-state index in [0.29, 0.717) is 12.2 Å². The quantitative estimate of drug-likeness (QED) is 0.784. The van der Waals surface area contributed by atoms with E-state index in [4.69, 9.17) is 9.26 Å². The van der Waals surface area contributed by atoms with Crippen molar-refractivity contribution < 1.29 is 14.1 Å². The fourth-order valence-corrected chi connectivity index (χ4v) is 2.05. The molecule has 0 aliphatic heterocycles. The second-order valence-corrected chi connectivity index (χ2v) is 4.85. The summed E-state index contributed by atoms with van der Waals surface area (Å²) < 4.78 is 10.2. The van der Waals surface area contributed by atoms with Crippen LogP contribution < -0.4 is 10.1 Å². The Morgan fingerprint density at radius 2 is 2.09 bits per heavy atom. The van der Waals surface area contributed by atoms with Gasteiger partial charge in [-0.1, -0.05) is 11.2 Å². The summed E-state index contributed by atoms with van der Waals surface area (Å²) in [5, 5.41) is 6.69. The highest BCUT2D eigenvalue weighted by Crippen LogP contribution is 2.22. The maximum atomic E-state index is 12.1. The molecule has 6 heteroatoms. The molecule has 3 rings (SSSR count). The average molecular weight is 309 g/mol. The smallest absolute Gasteiger partial charge is 0.290 e. The van der Waals surface area contributed by atoms with E-state index in [1.54, 1.807) is 25.6 Å². The van der Waals surface area contributed by atoms with Crippen LogP contribution in [0.3, 0.4) is 0 Å². The van der Waals surface area contributed by atoms with Gasteiger partial charge in [-0.25, -0.2) is 0 Å². The lowest BCUT2D eigenvalue weighted by molar-refractivity contribution is 0.0914. The Labute approximate surface area is 133 Å². The molecule has 0 fully saturated rings. The molecule has 116 valence electrons. The molecule has 0 radical (unpaired) electrons. The highest BCUT2D eigenvalue weighted by Gasteiger charge is 2.13. The van der Waals surface area contributed by atoms with E-state index in [1.165, 1.54) is 0 Å². The van der Waals surface area contributed by atoms with Crippen molar-refractivity contribution in [1.82, 2.24) is 15.5 Å². The number of benzene rings is 1. The van der Waals surface area contributed by atoms with Crippen molar-refractivity contribution in [2.45, 2.75) is 6.54 Å². The Balaban J connectivity index is 1.67. The summed E-state index contributed by atoms with van der Waals surface area (Å²) in [5.74, 6) is 0.604. The Morgan fingerprint density at radius 3 is 2.78 bits per heavy atom. The predicted octanol–water partition coefficient (Wildman–Crippen LogP) is 2.68. The van der Waals surface area contributed by atoms with Crippen LogP contribution in [0.25, 0.3) is 11.3 Å². The average Bonchev–Trinajstić information content (AvgIpc) is 3.11. The van der Waals surface area contributed by atoms with Crippen LogP contribution in [-0.2, 0) is 6.54 Å². The van der Waals surface area contributed by atoms with Gasteiger partial charge in [0.05, 0.1) is 7.11 Å². The molecule has 1 N–H and O–H groups in total. The lowest BCUT2D eigenvalue weighted by Gasteiger charge is -2.01. The van der Waals surface area contributed by atoms with Crippen LogP contribution in [0.5, 0.6) is 5.75 Å². The molecule has 1 amide bonds. The third-order valence-electron chi connectivity index (χ3n) is 3.30. The Morgan fingerprint density at radius 1 is 1.26 bits per heavy atom. The van der Waals surface area contributed by atoms with Crippen LogP contribution in [0.2, 0.25) is 0 Å². The molecular formula is C17H15N3O3. The molecule has 0 aliphatic rings. The highest BCUT2D eigenvalue weighted by molar-refractivity contribution is 5.92. The number of amides is 1. The summed E-state index contributed by atoms with van der Waals surface area (Å²) in [7, 11) is 1.61. The first kappa shape index (κ1) is 14.8.